The van der Waals surface area contributed by atoms with Gasteiger partial charge in [-0.2, -0.15) is 0 Å². The van der Waals surface area contributed by atoms with Crippen LogP contribution in [0.5, 0.6) is 0 Å². The molecule has 0 saturated heterocycles. The molecule has 2 nitrogen and oxygen atoms in total. The largest absolute Gasteiger partial charge is 0.497 e. The quantitative estimate of drug-likeness (QED) is 0.708. The molecular weight excluding hydrogens is 351 g/mol. The predicted octanol–water partition coefficient (Wildman–Crippen LogP) is 4.56. The third kappa shape index (κ3) is 3.20. The summed E-state index contributed by atoms with van der Waals surface area (Å²) >= 11 is 2.32. The van der Waals surface area contributed by atoms with Crippen LogP contribution < -0.4 is 0 Å². The predicted molar refractivity (Wildman–Crippen MR) is 86.2 cm³/mol. The third-order valence-corrected chi connectivity index (χ3v) is 4.13. The van der Waals surface area contributed by atoms with E-state index in [0.29, 0.717) is 13.2 Å². The summed E-state index contributed by atoms with van der Waals surface area (Å²) in [7, 11) is 0. The van der Waals surface area contributed by atoms with Gasteiger partial charge in [-0.05, 0) is 54.2 Å². The zero-order valence-electron chi connectivity index (χ0n) is 11.4. The van der Waals surface area contributed by atoms with E-state index in [1.165, 1.54) is 5.56 Å². The molecule has 0 heterocycles. The standard InChI is InChI=1S/C16H19IO2/c1-3-18-15-12-16(19-4-2,11-10-14(15)17)13-8-6-5-7-9-13/h5-11H,3-4,12H2,1-2H3. The first-order chi connectivity index (χ1) is 9.22. The molecule has 0 aromatic heterocycles. The fourth-order valence-electron chi connectivity index (χ4n) is 2.34. The van der Waals surface area contributed by atoms with Gasteiger partial charge in [0.2, 0.25) is 0 Å². The van der Waals surface area contributed by atoms with Gasteiger partial charge in [0.1, 0.15) is 11.4 Å². The summed E-state index contributed by atoms with van der Waals surface area (Å²) in [6.45, 7) is 5.41. The van der Waals surface area contributed by atoms with Crippen molar-refractivity contribution in [2.24, 2.45) is 0 Å². The molecule has 0 N–H and O–H groups in total. The van der Waals surface area contributed by atoms with Crippen molar-refractivity contribution in [3.05, 3.63) is 57.4 Å². The van der Waals surface area contributed by atoms with E-state index < -0.39 is 5.60 Å². The van der Waals surface area contributed by atoms with Crippen LogP contribution in [-0.2, 0) is 15.1 Å². The lowest BCUT2D eigenvalue weighted by Crippen LogP contribution is -2.30. The van der Waals surface area contributed by atoms with E-state index in [2.05, 4.69) is 46.9 Å². The van der Waals surface area contributed by atoms with Gasteiger partial charge in [-0.15, -0.1) is 0 Å². The number of hydrogen-bond acceptors (Lipinski definition) is 2. The van der Waals surface area contributed by atoms with Crippen molar-refractivity contribution >= 4 is 22.6 Å². The second kappa shape index (κ2) is 6.57. The molecule has 2 rings (SSSR count). The lowest BCUT2D eigenvalue weighted by molar-refractivity contribution is -0.0166. The van der Waals surface area contributed by atoms with Crippen molar-refractivity contribution in [3.63, 3.8) is 0 Å². The molecule has 0 fully saturated rings. The van der Waals surface area contributed by atoms with Crippen LogP contribution in [0.4, 0.5) is 0 Å². The summed E-state index contributed by atoms with van der Waals surface area (Å²) in [5, 5.41) is 0. The van der Waals surface area contributed by atoms with Crippen LogP contribution in [0.3, 0.4) is 0 Å². The van der Waals surface area contributed by atoms with Gasteiger partial charge in [-0.1, -0.05) is 30.3 Å². The topological polar surface area (TPSA) is 18.5 Å². The Balaban J connectivity index is 2.36. The van der Waals surface area contributed by atoms with Gasteiger partial charge < -0.3 is 9.47 Å². The molecule has 1 aromatic rings. The fraction of sp³-hybridized carbons (Fsp3) is 0.375. The highest BCUT2D eigenvalue weighted by Gasteiger charge is 2.35. The van der Waals surface area contributed by atoms with Crippen molar-refractivity contribution in [1.82, 2.24) is 0 Å². The van der Waals surface area contributed by atoms with Crippen LogP contribution in [0.2, 0.25) is 0 Å². The summed E-state index contributed by atoms with van der Waals surface area (Å²) in [5.41, 5.74) is 0.782. The molecule has 0 radical (unpaired) electrons. The van der Waals surface area contributed by atoms with Gasteiger partial charge in [-0.25, -0.2) is 0 Å². The van der Waals surface area contributed by atoms with Crippen LogP contribution in [0.25, 0.3) is 0 Å². The lowest BCUT2D eigenvalue weighted by atomic mass is 9.86. The van der Waals surface area contributed by atoms with Crippen molar-refractivity contribution in [2.45, 2.75) is 25.9 Å². The summed E-state index contributed by atoms with van der Waals surface area (Å²) in [6.07, 6.45) is 5.00. The molecule has 0 amide bonds. The first kappa shape index (κ1) is 14.6. The third-order valence-electron chi connectivity index (χ3n) is 3.17. The van der Waals surface area contributed by atoms with Gasteiger partial charge in [0.15, 0.2) is 0 Å². The Morgan fingerprint density at radius 2 is 1.89 bits per heavy atom. The molecule has 19 heavy (non-hydrogen) atoms. The Bertz CT molecular complexity index is 479. The molecule has 1 aliphatic rings. The Morgan fingerprint density at radius 3 is 2.53 bits per heavy atom. The highest BCUT2D eigenvalue weighted by Crippen LogP contribution is 2.40. The first-order valence-corrected chi connectivity index (χ1v) is 7.70. The summed E-state index contributed by atoms with van der Waals surface area (Å²) < 4.78 is 13.0. The van der Waals surface area contributed by atoms with E-state index in [1.807, 2.05) is 32.0 Å². The zero-order valence-corrected chi connectivity index (χ0v) is 13.5. The highest BCUT2D eigenvalue weighted by molar-refractivity contribution is 14.1. The molecule has 1 aliphatic carbocycles. The summed E-state index contributed by atoms with van der Waals surface area (Å²) in [6, 6.07) is 10.4. The number of rotatable bonds is 5. The Hall–Kier alpha value is -0.810. The SMILES string of the molecule is CCOC1=C(I)C=CC(OCC)(c2ccccc2)C1. The van der Waals surface area contributed by atoms with Crippen molar-refractivity contribution < 1.29 is 9.47 Å². The van der Waals surface area contributed by atoms with Crippen LogP contribution >= 0.6 is 22.6 Å². The second-order valence-corrected chi connectivity index (χ2v) is 5.56. The van der Waals surface area contributed by atoms with E-state index in [0.717, 1.165) is 15.8 Å². The molecular formula is C16H19IO2. The van der Waals surface area contributed by atoms with E-state index in [1.54, 1.807) is 0 Å². The molecule has 3 heteroatoms. The van der Waals surface area contributed by atoms with E-state index in [-0.39, 0.29) is 0 Å². The molecule has 0 saturated carbocycles. The van der Waals surface area contributed by atoms with Crippen LogP contribution in [0, 0.1) is 0 Å². The number of ether oxygens (including phenoxy) is 2. The minimum Gasteiger partial charge on any atom is -0.497 e. The Labute approximate surface area is 128 Å². The van der Waals surface area contributed by atoms with Crippen molar-refractivity contribution in [1.29, 1.82) is 0 Å². The van der Waals surface area contributed by atoms with Gasteiger partial charge in [-0.3, -0.25) is 0 Å². The van der Waals surface area contributed by atoms with Crippen molar-refractivity contribution in [2.75, 3.05) is 13.2 Å². The maximum atomic E-state index is 6.08. The Morgan fingerprint density at radius 1 is 1.16 bits per heavy atom. The molecule has 1 unspecified atom stereocenters. The Kier molecular flexibility index (Phi) is 5.05. The maximum Gasteiger partial charge on any atom is 0.119 e. The second-order valence-electron chi connectivity index (χ2n) is 4.40. The maximum absolute atomic E-state index is 6.08. The van der Waals surface area contributed by atoms with E-state index >= 15 is 0 Å². The fourth-order valence-corrected chi connectivity index (χ4v) is 2.86. The molecule has 0 spiro atoms. The van der Waals surface area contributed by atoms with Crippen LogP contribution in [0.15, 0.2) is 51.8 Å². The first-order valence-electron chi connectivity index (χ1n) is 6.62. The van der Waals surface area contributed by atoms with Gasteiger partial charge >= 0.3 is 0 Å². The average molecular weight is 370 g/mol. The normalized spacial score (nSPS) is 22.7. The van der Waals surface area contributed by atoms with Crippen LogP contribution in [-0.4, -0.2) is 13.2 Å². The monoisotopic (exact) mass is 370 g/mol. The average Bonchev–Trinajstić information content (AvgIpc) is 2.44. The minimum absolute atomic E-state index is 0.394. The molecule has 0 bridgehead atoms. The van der Waals surface area contributed by atoms with Gasteiger partial charge in [0, 0.05) is 13.0 Å². The molecule has 1 aromatic carbocycles. The highest BCUT2D eigenvalue weighted by atomic mass is 127. The number of halogens is 1. The van der Waals surface area contributed by atoms with Gasteiger partial charge in [0.05, 0.1) is 10.2 Å². The summed E-state index contributed by atoms with van der Waals surface area (Å²) in [5.74, 6) is 1.02. The van der Waals surface area contributed by atoms with E-state index in [9.17, 15) is 0 Å². The molecule has 0 aliphatic heterocycles. The zero-order chi connectivity index (χ0) is 13.7. The summed E-state index contributed by atoms with van der Waals surface area (Å²) in [4.78, 5) is 0. The number of benzene rings is 1. The minimum atomic E-state index is -0.394. The molecule has 102 valence electrons. The van der Waals surface area contributed by atoms with E-state index in [4.69, 9.17) is 9.47 Å². The van der Waals surface area contributed by atoms with Crippen LogP contribution in [0.1, 0.15) is 25.8 Å². The lowest BCUT2D eigenvalue weighted by Gasteiger charge is -2.34. The number of allylic oxidation sites excluding steroid dienone is 2. The smallest absolute Gasteiger partial charge is 0.119 e. The number of hydrogen-bond donors (Lipinski definition) is 0. The molecule has 1 atom stereocenters. The van der Waals surface area contributed by atoms with Gasteiger partial charge in [0.25, 0.3) is 0 Å². The van der Waals surface area contributed by atoms with Crippen molar-refractivity contribution in [3.8, 4) is 0 Å².